The summed E-state index contributed by atoms with van der Waals surface area (Å²) in [7, 11) is 0. The van der Waals surface area contributed by atoms with Crippen LogP contribution in [0.1, 0.15) is 36.3 Å². The van der Waals surface area contributed by atoms with Crippen LogP contribution < -0.4 is 5.32 Å². The van der Waals surface area contributed by atoms with Crippen LogP contribution in [0.4, 0.5) is 5.82 Å². The molecule has 6 heteroatoms. The Labute approximate surface area is 140 Å². The van der Waals surface area contributed by atoms with Gasteiger partial charge in [-0.1, -0.05) is 17.6 Å². The SMILES string of the molecule is Cc1cc(NC(=O)CN2CCCC[C@@H]2CCc2cccs2)no1. The molecule has 1 amide bonds. The topological polar surface area (TPSA) is 58.4 Å². The number of nitrogens with zero attached hydrogens (tertiary/aromatic N) is 2. The molecule has 23 heavy (non-hydrogen) atoms. The highest BCUT2D eigenvalue weighted by Crippen LogP contribution is 2.22. The molecule has 2 aromatic heterocycles. The maximum atomic E-state index is 12.2. The number of hydrogen-bond acceptors (Lipinski definition) is 5. The first-order chi connectivity index (χ1) is 11.2. The monoisotopic (exact) mass is 333 g/mol. The zero-order chi connectivity index (χ0) is 16.1. The number of thiophene rings is 1. The first-order valence-electron chi connectivity index (χ1n) is 8.20. The molecule has 3 rings (SSSR count). The molecule has 1 aliphatic rings. The molecular weight excluding hydrogens is 310 g/mol. The van der Waals surface area contributed by atoms with Crippen LogP contribution in [0.2, 0.25) is 0 Å². The smallest absolute Gasteiger partial charge is 0.239 e. The molecule has 2 aromatic rings. The van der Waals surface area contributed by atoms with Gasteiger partial charge in [0, 0.05) is 17.0 Å². The van der Waals surface area contributed by atoms with Crippen molar-refractivity contribution < 1.29 is 9.32 Å². The van der Waals surface area contributed by atoms with E-state index < -0.39 is 0 Å². The molecule has 3 heterocycles. The van der Waals surface area contributed by atoms with Gasteiger partial charge in [-0.15, -0.1) is 11.3 Å². The summed E-state index contributed by atoms with van der Waals surface area (Å²) >= 11 is 1.81. The maximum absolute atomic E-state index is 12.2. The van der Waals surface area contributed by atoms with Crippen LogP contribution in [0.5, 0.6) is 0 Å². The van der Waals surface area contributed by atoms with Crippen LogP contribution in [0, 0.1) is 6.92 Å². The minimum Gasteiger partial charge on any atom is -0.360 e. The van der Waals surface area contributed by atoms with Crippen molar-refractivity contribution in [3.05, 3.63) is 34.2 Å². The lowest BCUT2D eigenvalue weighted by Gasteiger charge is -2.35. The van der Waals surface area contributed by atoms with Gasteiger partial charge in [0.1, 0.15) is 5.76 Å². The van der Waals surface area contributed by atoms with Gasteiger partial charge in [0.15, 0.2) is 5.82 Å². The van der Waals surface area contributed by atoms with Crippen LogP contribution in [-0.2, 0) is 11.2 Å². The fourth-order valence-corrected chi connectivity index (χ4v) is 3.88. The molecule has 0 bridgehead atoms. The number of nitrogens with one attached hydrogen (secondary N) is 1. The van der Waals surface area contributed by atoms with E-state index in [1.54, 1.807) is 6.07 Å². The molecule has 1 N–H and O–H groups in total. The summed E-state index contributed by atoms with van der Waals surface area (Å²) < 4.78 is 4.98. The average molecular weight is 333 g/mol. The lowest BCUT2D eigenvalue weighted by atomic mass is 9.97. The zero-order valence-corrected chi connectivity index (χ0v) is 14.3. The molecule has 1 fully saturated rings. The van der Waals surface area contributed by atoms with Crippen molar-refractivity contribution in [1.29, 1.82) is 0 Å². The van der Waals surface area contributed by atoms with E-state index >= 15 is 0 Å². The second kappa shape index (κ2) is 7.75. The van der Waals surface area contributed by atoms with Crippen LogP contribution in [-0.4, -0.2) is 35.1 Å². The first-order valence-corrected chi connectivity index (χ1v) is 9.08. The lowest BCUT2D eigenvalue weighted by molar-refractivity contribution is -0.118. The summed E-state index contributed by atoms with van der Waals surface area (Å²) in [4.78, 5) is 16.0. The van der Waals surface area contributed by atoms with Gasteiger partial charge in [0.2, 0.25) is 5.91 Å². The number of carbonyl (C=O) groups excluding carboxylic acids is 1. The number of carbonyl (C=O) groups is 1. The molecule has 1 atom stereocenters. The highest BCUT2D eigenvalue weighted by Gasteiger charge is 2.24. The summed E-state index contributed by atoms with van der Waals surface area (Å²) in [5.41, 5.74) is 0. The quantitative estimate of drug-likeness (QED) is 0.879. The number of anilines is 1. The molecule has 0 radical (unpaired) electrons. The Kier molecular flexibility index (Phi) is 5.46. The van der Waals surface area contributed by atoms with E-state index in [2.05, 4.69) is 32.9 Å². The van der Waals surface area contributed by atoms with Crippen LogP contribution in [0.15, 0.2) is 28.1 Å². The summed E-state index contributed by atoms with van der Waals surface area (Å²) in [6.07, 6.45) is 5.84. The Balaban J connectivity index is 1.52. The molecule has 1 aliphatic heterocycles. The minimum absolute atomic E-state index is 0.0127. The average Bonchev–Trinajstić information content (AvgIpc) is 3.18. The summed E-state index contributed by atoms with van der Waals surface area (Å²) in [6, 6.07) is 6.53. The van der Waals surface area contributed by atoms with Crippen LogP contribution in [0.3, 0.4) is 0 Å². The van der Waals surface area contributed by atoms with Gasteiger partial charge in [-0.25, -0.2) is 0 Å². The van der Waals surface area contributed by atoms with Crippen molar-refractivity contribution >= 4 is 23.1 Å². The number of aryl methyl sites for hydroxylation is 2. The summed E-state index contributed by atoms with van der Waals surface area (Å²) in [5.74, 6) is 1.19. The first kappa shape index (κ1) is 16.2. The molecule has 124 valence electrons. The standard InChI is InChI=1S/C17H23N3O2S/c1-13-11-16(19-22-13)18-17(21)12-20-9-3-2-5-14(20)7-8-15-6-4-10-23-15/h4,6,10-11,14H,2-3,5,7-9,12H2,1H3,(H,18,19,21)/t14-/m1/s1. The third-order valence-electron chi connectivity index (χ3n) is 4.30. The Hall–Kier alpha value is -1.66. The number of rotatable bonds is 6. The normalized spacial score (nSPS) is 18.9. The molecule has 0 aliphatic carbocycles. The molecule has 0 spiro atoms. The van der Waals surface area contributed by atoms with Gasteiger partial charge >= 0.3 is 0 Å². The molecule has 0 unspecified atom stereocenters. The minimum atomic E-state index is -0.0127. The van der Waals surface area contributed by atoms with Gasteiger partial charge < -0.3 is 9.84 Å². The van der Waals surface area contributed by atoms with Gasteiger partial charge in [0.25, 0.3) is 0 Å². The van der Waals surface area contributed by atoms with Crippen LogP contribution >= 0.6 is 11.3 Å². The van der Waals surface area contributed by atoms with Crippen molar-refractivity contribution in [3.8, 4) is 0 Å². The van der Waals surface area contributed by atoms with E-state index in [1.807, 2.05) is 18.3 Å². The highest BCUT2D eigenvalue weighted by atomic mass is 32.1. The number of likely N-dealkylation sites (tertiary alicyclic amines) is 1. The van der Waals surface area contributed by atoms with Crippen molar-refractivity contribution in [3.63, 3.8) is 0 Å². The van der Waals surface area contributed by atoms with Gasteiger partial charge in [-0.05, 0) is 50.6 Å². The van der Waals surface area contributed by atoms with Gasteiger partial charge in [0.05, 0.1) is 6.54 Å². The van der Waals surface area contributed by atoms with E-state index in [0.29, 0.717) is 24.2 Å². The van der Waals surface area contributed by atoms with Gasteiger partial charge in [-0.3, -0.25) is 9.69 Å². The van der Waals surface area contributed by atoms with E-state index in [9.17, 15) is 4.79 Å². The summed E-state index contributed by atoms with van der Waals surface area (Å²) in [6.45, 7) is 3.25. The number of aromatic nitrogens is 1. The number of amides is 1. The lowest BCUT2D eigenvalue weighted by Crippen LogP contribution is -2.44. The third kappa shape index (κ3) is 4.65. The maximum Gasteiger partial charge on any atom is 0.239 e. The van der Waals surface area contributed by atoms with Crippen molar-refractivity contribution in [2.45, 2.75) is 45.1 Å². The molecule has 5 nitrogen and oxygen atoms in total. The van der Waals surface area contributed by atoms with E-state index in [1.165, 1.54) is 24.1 Å². The van der Waals surface area contributed by atoms with Crippen molar-refractivity contribution in [2.24, 2.45) is 0 Å². The summed E-state index contributed by atoms with van der Waals surface area (Å²) in [5, 5.41) is 8.76. The van der Waals surface area contributed by atoms with Gasteiger partial charge in [-0.2, -0.15) is 0 Å². The zero-order valence-electron chi connectivity index (χ0n) is 13.5. The highest BCUT2D eigenvalue weighted by molar-refractivity contribution is 7.09. The third-order valence-corrected chi connectivity index (χ3v) is 5.23. The molecular formula is C17H23N3O2S. The van der Waals surface area contributed by atoms with E-state index in [0.717, 1.165) is 19.4 Å². The van der Waals surface area contributed by atoms with Crippen LogP contribution in [0.25, 0.3) is 0 Å². The fraction of sp³-hybridized carbons (Fsp3) is 0.529. The van der Waals surface area contributed by atoms with Crippen molar-refractivity contribution in [1.82, 2.24) is 10.1 Å². The number of hydrogen-bond donors (Lipinski definition) is 1. The second-order valence-electron chi connectivity index (χ2n) is 6.11. The Morgan fingerprint density at radius 1 is 1.52 bits per heavy atom. The van der Waals surface area contributed by atoms with E-state index in [4.69, 9.17) is 4.52 Å². The molecule has 0 aromatic carbocycles. The Morgan fingerprint density at radius 3 is 3.17 bits per heavy atom. The predicted molar refractivity (Wildman–Crippen MR) is 91.7 cm³/mol. The van der Waals surface area contributed by atoms with Crippen molar-refractivity contribution in [2.75, 3.05) is 18.4 Å². The Bertz CT molecular complexity index is 624. The fourth-order valence-electron chi connectivity index (χ4n) is 3.15. The largest absolute Gasteiger partial charge is 0.360 e. The molecule has 1 saturated heterocycles. The molecule has 0 saturated carbocycles. The van der Waals surface area contributed by atoms with E-state index in [-0.39, 0.29) is 5.91 Å². The Morgan fingerprint density at radius 2 is 2.43 bits per heavy atom. The second-order valence-corrected chi connectivity index (χ2v) is 7.14. The predicted octanol–water partition coefficient (Wildman–Crippen LogP) is 3.47. The number of piperidine rings is 1.